The van der Waals surface area contributed by atoms with E-state index in [-0.39, 0.29) is 0 Å². The maximum absolute atomic E-state index is 13.4. The van der Waals surface area contributed by atoms with Crippen molar-refractivity contribution in [1.29, 1.82) is 0 Å². The van der Waals surface area contributed by atoms with E-state index in [1.807, 2.05) is 42.5 Å². The lowest BCUT2D eigenvalue weighted by Gasteiger charge is -2.44. The van der Waals surface area contributed by atoms with Crippen LogP contribution in [0.15, 0.2) is 64.5 Å². The molecule has 6 nitrogen and oxygen atoms in total. The Morgan fingerprint density at radius 3 is 2.10 bits per heavy atom. The summed E-state index contributed by atoms with van der Waals surface area (Å²) in [5, 5.41) is 0. The minimum Gasteiger partial charge on any atom is -0.339 e. The molecule has 0 bridgehead atoms. The number of hydrogen-bond donors (Lipinski definition) is 0. The van der Waals surface area contributed by atoms with Crippen molar-refractivity contribution in [1.82, 2.24) is 14.1 Å². The van der Waals surface area contributed by atoms with Gasteiger partial charge in [0.2, 0.25) is 5.96 Å². The molecule has 2 aliphatic heterocycles. The zero-order valence-corrected chi connectivity index (χ0v) is 18.0. The molecule has 0 atom stereocenters. The molecule has 2 aromatic carbocycles. The first-order valence-electron chi connectivity index (χ1n) is 10.8. The largest absolute Gasteiger partial charge is 0.339 e. The average molecular weight is 425 g/mol. The van der Waals surface area contributed by atoms with Gasteiger partial charge in [-0.25, -0.2) is 12.7 Å². The zero-order chi connectivity index (χ0) is 20.6. The lowest BCUT2D eigenvalue weighted by molar-refractivity contribution is 0.0833. The van der Waals surface area contributed by atoms with Gasteiger partial charge in [-0.1, -0.05) is 48.9 Å². The van der Waals surface area contributed by atoms with Gasteiger partial charge in [0, 0.05) is 32.2 Å². The molecule has 5 rings (SSSR count). The van der Waals surface area contributed by atoms with Gasteiger partial charge < -0.3 is 4.90 Å². The molecule has 0 spiro atoms. The molecular formula is C23H28N4O2S. The molecule has 1 saturated heterocycles. The van der Waals surface area contributed by atoms with Gasteiger partial charge in [0.15, 0.2) is 0 Å². The van der Waals surface area contributed by atoms with Crippen LogP contribution in [-0.4, -0.2) is 73.8 Å². The summed E-state index contributed by atoms with van der Waals surface area (Å²) in [5.41, 5.74) is 2.09. The van der Waals surface area contributed by atoms with Crippen molar-refractivity contribution in [2.24, 2.45) is 4.99 Å². The van der Waals surface area contributed by atoms with Crippen LogP contribution in [0.5, 0.6) is 0 Å². The molecule has 0 N–H and O–H groups in total. The van der Waals surface area contributed by atoms with Gasteiger partial charge in [0.25, 0.3) is 10.0 Å². The summed E-state index contributed by atoms with van der Waals surface area (Å²) in [4.78, 5) is 9.60. The number of aliphatic imine (C=N–C) groups is 1. The molecule has 1 aliphatic carbocycles. The van der Waals surface area contributed by atoms with E-state index in [1.54, 1.807) is 12.1 Å². The number of benzene rings is 2. The van der Waals surface area contributed by atoms with E-state index in [9.17, 15) is 8.42 Å². The van der Waals surface area contributed by atoms with E-state index in [0.717, 1.165) is 43.3 Å². The Balaban J connectivity index is 1.31. The van der Waals surface area contributed by atoms with Crippen LogP contribution < -0.4 is 0 Å². The molecule has 0 amide bonds. The Morgan fingerprint density at radius 1 is 0.800 bits per heavy atom. The van der Waals surface area contributed by atoms with Crippen LogP contribution in [0.2, 0.25) is 0 Å². The summed E-state index contributed by atoms with van der Waals surface area (Å²) in [6, 6.07) is 17.9. The normalized spacial score (nSPS) is 20.9. The lowest BCUT2D eigenvalue weighted by Crippen LogP contribution is -2.56. The average Bonchev–Trinajstić information content (AvgIpc) is 3.25. The first kappa shape index (κ1) is 19.6. The molecular weight excluding hydrogens is 396 g/mol. The van der Waals surface area contributed by atoms with Crippen molar-refractivity contribution in [3.8, 4) is 11.1 Å². The van der Waals surface area contributed by atoms with E-state index in [4.69, 9.17) is 0 Å². The zero-order valence-electron chi connectivity index (χ0n) is 17.2. The summed E-state index contributed by atoms with van der Waals surface area (Å²) in [6.45, 7) is 4.61. The highest BCUT2D eigenvalue weighted by Crippen LogP contribution is 2.27. The summed E-state index contributed by atoms with van der Waals surface area (Å²) >= 11 is 0. The molecule has 0 unspecified atom stereocenters. The molecule has 30 heavy (non-hydrogen) atoms. The quantitative estimate of drug-likeness (QED) is 0.757. The summed E-state index contributed by atoms with van der Waals surface area (Å²) in [6.07, 6.45) is 3.95. The SMILES string of the molecule is O=S(=O)(c1ccc(-c2ccccc2)cc1)N1CCN=C1N1CCN(C2CCC2)CC1. The number of hydrogen-bond acceptors (Lipinski definition) is 5. The third-order valence-corrected chi connectivity index (χ3v) is 8.31. The molecule has 1 saturated carbocycles. The fraction of sp³-hybridized carbons (Fsp3) is 0.435. The minimum absolute atomic E-state index is 0.324. The van der Waals surface area contributed by atoms with Gasteiger partial charge in [-0.15, -0.1) is 0 Å². The van der Waals surface area contributed by atoms with Gasteiger partial charge >= 0.3 is 0 Å². The Hall–Kier alpha value is -2.38. The maximum Gasteiger partial charge on any atom is 0.266 e. The Morgan fingerprint density at radius 2 is 1.47 bits per heavy atom. The van der Waals surface area contributed by atoms with E-state index < -0.39 is 10.0 Å². The minimum atomic E-state index is -3.61. The smallest absolute Gasteiger partial charge is 0.266 e. The summed E-state index contributed by atoms with van der Waals surface area (Å²) in [5.74, 6) is 0.621. The Bertz CT molecular complexity index is 1010. The number of sulfonamides is 1. The monoisotopic (exact) mass is 424 g/mol. The van der Waals surface area contributed by atoms with Gasteiger partial charge in [-0.3, -0.25) is 9.89 Å². The summed E-state index contributed by atoms with van der Waals surface area (Å²) < 4.78 is 28.2. The summed E-state index contributed by atoms with van der Waals surface area (Å²) in [7, 11) is -3.61. The van der Waals surface area contributed by atoms with E-state index in [0.29, 0.717) is 23.9 Å². The molecule has 2 heterocycles. The van der Waals surface area contributed by atoms with Crippen LogP contribution in [0, 0.1) is 0 Å². The van der Waals surface area contributed by atoms with Crippen molar-refractivity contribution in [3.63, 3.8) is 0 Å². The second-order valence-electron chi connectivity index (χ2n) is 8.26. The first-order valence-corrected chi connectivity index (χ1v) is 12.3. The van der Waals surface area contributed by atoms with Crippen LogP contribution in [-0.2, 0) is 10.0 Å². The Kier molecular flexibility index (Phi) is 5.25. The van der Waals surface area contributed by atoms with Crippen molar-refractivity contribution in [2.45, 2.75) is 30.2 Å². The standard InChI is InChI=1S/C23H28N4O2S/c28-30(29,22-11-9-20(10-12-22)19-5-2-1-3-6-19)27-14-13-24-23(27)26-17-15-25(16-18-26)21-7-4-8-21/h1-3,5-6,9-12,21H,4,7-8,13-18H2. The predicted molar refractivity (Wildman–Crippen MR) is 119 cm³/mol. The van der Waals surface area contributed by atoms with E-state index in [2.05, 4.69) is 14.8 Å². The highest BCUT2D eigenvalue weighted by atomic mass is 32.2. The van der Waals surface area contributed by atoms with Gasteiger partial charge in [-0.05, 0) is 36.1 Å². The molecule has 158 valence electrons. The molecule has 7 heteroatoms. The van der Waals surface area contributed by atoms with Crippen molar-refractivity contribution in [3.05, 3.63) is 54.6 Å². The van der Waals surface area contributed by atoms with Gasteiger partial charge in [-0.2, -0.15) is 0 Å². The van der Waals surface area contributed by atoms with Crippen LogP contribution in [0.1, 0.15) is 19.3 Å². The van der Waals surface area contributed by atoms with Crippen LogP contribution in [0.3, 0.4) is 0 Å². The molecule has 0 aromatic heterocycles. The number of rotatable bonds is 4. The van der Waals surface area contributed by atoms with Gasteiger partial charge in [0.05, 0.1) is 18.0 Å². The third kappa shape index (κ3) is 3.61. The fourth-order valence-corrected chi connectivity index (χ4v) is 5.97. The van der Waals surface area contributed by atoms with Crippen LogP contribution in [0.25, 0.3) is 11.1 Å². The second-order valence-corrected chi connectivity index (χ2v) is 10.1. The van der Waals surface area contributed by atoms with Crippen molar-refractivity contribution < 1.29 is 8.42 Å². The highest BCUT2D eigenvalue weighted by Gasteiger charge is 2.36. The van der Waals surface area contributed by atoms with Crippen LogP contribution in [0.4, 0.5) is 0 Å². The van der Waals surface area contributed by atoms with Crippen molar-refractivity contribution in [2.75, 3.05) is 39.3 Å². The number of nitrogens with zero attached hydrogens (tertiary/aromatic N) is 4. The Labute approximate surface area is 178 Å². The number of guanidine groups is 1. The lowest BCUT2D eigenvalue weighted by atomic mass is 9.91. The topological polar surface area (TPSA) is 56.2 Å². The predicted octanol–water partition coefficient (Wildman–Crippen LogP) is 2.88. The molecule has 0 radical (unpaired) electrons. The van der Waals surface area contributed by atoms with Gasteiger partial charge in [0.1, 0.15) is 0 Å². The maximum atomic E-state index is 13.4. The first-order chi connectivity index (χ1) is 14.6. The second kappa shape index (κ2) is 8.04. The number of piperazine rings is 1. The molecule has 3 aliphatic rings. The van der Waals surface area contributed by atoms with Crippen molar-refractivity contribution >= 4 is 16.0 Å². The van der Waals surface area contributed by atoms with E-state index >= 15 is 0 Å². The van der Waals surface area contributed by atoms with Crippen LogP contribution >= 0.6 is 0 Å². The molecule has 2 aromatic rings. The fourth-order valence-electron chi connectivity index (χ4n) is 4.52. The third-order valence-electron chi connectivity index (χ3n) is 6.52. The van der Waals surface area contributed by atoms with E-state index in [1.165, 1.54) is 23.6 Å². The molecule has 2 fully saturated rings. The highest BCUT2D eigenvalue weighted by molar-refractivity contribution is 7.89.